The molecule has 0 radical (unpaired) electrons. The third kappa shape index (κ3) is 2.98. The Bertz CT molecular complexity index is 577. The molecular weight excluding hydrogens is 235 g/mol. The number of halogens is 1. The minimum absolute atomic E-state index is 0.0360. The normalized spacial score (nSPS) is 10.7. The molecule has 0 bridgehead atoms. The maximum absolute atomic E-state index is 12.7. The molecule has 2 rings (SSSR count). The van der Waals surface area contributed by atoms with Crippen LogP contribution >= 0.6 is 0 Å². The molecule has 2 aromatic rings. The summed E-state index contributed by atoms with van der Waals surface area (Å²) in [6, 6.07) is 11.8. The Hall–Kier alpha value is -2.56. The highest BCUT2D eigenvalue weighted by molar-refractivity contribution is 5.82. The van der Waals surface area contributed by atoms with E-state index < -0.39 is 4.92 Å². The van der Waals surface area contributed by atoms with Gasteiger partial charge in [-0.2, -0.15) is 0 Å². The summed E-state index contributed by atoms with van der Waals surface area (Å²) in [5.74, 6) is -0.315. The standard InChI is InChI=1S/C13H9FN2O2/c14-11-3-5-12(6-4-11)15-9-10-1-7-13(8-2-10)16(17)18/h1-9H/b15-9-. The van der Waals surface area contributed by atoms with Crippen molar-refractivity contribution in [2.45, 2.75) is 0 Å². The van der Waals surface area contributed by atoms with Gasteiger partial charge in [0.05, 0.1) is 10.6 Å². The van der Waals surface area contributed by atoms with Gasteiger partial charge in [-0.15, -0.1) is 0 Å². The number of nitrogens with zero attached hydrogens (tertiary/aromatic N) is 2. The van der Waals surface area contributed by atoms with Crippen LogP contribution in [0.1, 0.15) is 5.56 Å². The van der Waals surface area contributed by atoms with E-state index in [1.165, 1.54) is 24.3 Å². The van der Waals surface area contributed by atoms with Crippen LogP contribution in [0.15, 0.2) is 53.5 Å². The molecule has 0 aromatic heterocycles. The van der Waals surface area contributed by atoms with Crippen LogP contribution in [0.2, 0.25) is 0 Å². The van der Waals surface area contributed by atoms with Crippen LogP contribution in [0.5, 0.6) is 0 Å². The zero-order valence-electron chi connectivity index (χ0n) is 9.29. The smallest absolute Gasteiger partial charge is 0.258 e. The monoisotopic (exact) mass is 244 g/mol. The quantitative estimate of drug-likeness (QED) is 0.471. The number of hydrogen-bond acceptors (Lipinski definition) is 3. The maximum Gasteiger partial charge on any atom is 0.269 e. The highest BCUT2D eigenvalue weighted by atomic mass is 19.1. The van der Waals surface area contributed by atoms with Gasteiger partial charge < -0.3 is 0 Å². The second-order valence-electron chi connectivity index (χ2n) is 3.58. The van der Waals surface area contributed by atoms with Gasteiger partial charge in [-0.25, -0.2) is 4.39 Å². The molecule has 0 heterocycles. The summed E-state index contributed by atoms with van der Waals surface area (Å²) in [5, 5.41) is 10.5. The minimum atomic E-state index is -0.457. The van der Waals surface area contributed by atoms with Crippen LogP contribution in [0, 0.1) is 15.9 Å². The fourth-order valence-electron chi connectivity index (χ4n) is 1.36. The van der Waals surface area contributed by atoms with Crippen molar-refractivity contribution in [2.75, 3.05) is 0 Å². The van der Waals surface area contributed by atoms with Crippen LogP contribution in [0.3, 0.4) is 0 Å². The molecule has 90 valence electrons. The summed E-state index contributed by atoms with van der Waals surface area (Å²) in [4.78, 5) is 14.1. The molecule has 0 saturated heterocycles. The molecule has 0 aliphatic carbocycles. The third-order valence-electron chi connectivity index (χ3n) is 2.29. The Morgan fingerprint density at radius 2 is 1.67 bits per heavy atom. The predicted octanol–water partition coefficient (Wildman–Crippen LogP) is 3.48. The van der Waals surface area contributed by atoms with Crippen molar-refractivity contribution in [3.8, 4) is 0 Å². The predicted molar refractivity (Wildman–Crippen MR) is 66.8 cm³/mol. The number of nitro groups is 1. The molecule has 0 spiro atoms. The Labute approximate surface area is 103 Å². The first-order chi connectivity index (χ1) is 8.65. The number of non-ortho nitro benzene ring substituents is 1. The zero-order valence-corrected chi connectivity index (χ0v) is 9.29. The Morgan fingerprint density at radius 3 is 2.22 bits per heavy atom. The van der Waals surface area contributed by atoms with Crippen molar-refractivity contribution in [3.05, 3.63) is 70.0 Å². The minimum Gasteiger partial charge on any atom is -0.258 e. The van der Waals surface area contributed by atoms with E-state index in [-0.39, 0.29) is 11.5 Å². The van der Waals surface area contributed by atoms with Crippen molar-refractivity contribution < 1.29 is 9.31 Å². The van der Waals surface area contributed by atoms with Gasteiger partial charge >= 0.3 is 0 Å². The van der Waals surface area contributed by atoms with Gasteiger partial charge in [-0.3, -0.25) is 15.1 Å². The molecule has 0 aliphatic heterocycles. The number of hydrogen-bond donors (Lipinski definition) is 0. The Kier molecular flexibility index (Phi) is 3.43. The Balaban J connectivity index is 2.13. The summed E-state index contributed by atoms with van der Waals surface area (Å²) in [6.07, 6.45) is 1.57. The first-order valence-corrected chi connectivity index (χ1v) is 5.19. The molecule has 5 heteroatoms. The fourth-order valence-corrected chi connectivity index (χ4v) is 1.36. The average Bonchev–Trinajstić information content (AvgIpc) is 2.38. The lowest BCUT2D eigenvalue weighted by Crippen LogP contribution is -1.88. The van der Waals surface area contributed by atoms with Crippen molar-refractivity contribution in [2.24, 2.45) is 4.99 Å². The van der Waals surface area contributed by atoms with Gasteiger partial charge in [0.25, 0.3) is 5.69 Å². The molecule has 0 unspecified atom stereocenters. The largest absolute Gasteiger partial charge is 0.269 e. The SMILES string of the molecule is O=[N+]([O-])c1ccc(/C=N\c2ccc(F)cc2)cc1. The second-order valence-corrected chi connectivity index (χ2v) is 3.58. The number of aliphatic imine (C=N–C) groups is 1. The molecular formula is C13H9FN2O2. The van der Waals surface area contributed by atoms with Gasteiger partial charge in [-0.1, -0.05) is 0 Å². The topological polar surface area (TPSA) is 55.5 Å². The summed E-state index contributed by atoms with van der Waals surface area (Å²) >= 11 is 0. The fraction of sp³-hybridized carbons (Fsp3) is 0. The van der Waals surface area contributed by atoms with Crippen molar-refractivity contribution in [1.82, 2.24) is 0 Å². The lowest BCUT2D eigenvalue weighted by molar-refractivity contribution is -0.384. The molecule has 0 amide bonds. The van der Waals surface area contributed by atoms with Crippen LogP contribution in [-0.2, 0) is 0 Å². The Morgan fingerprint density at radius 1 is 1.06 bits per heavy atom. The molecule has 0 aliphatic rings. The molecule has 4 nitrogen and oxygen atoms in total. The van der Waals surface area contributed by atoms with Crippen molar-refractivity contribution in [1.29, 1.82) is 0 Å². The van der Waals surface area contributed by atoms with Gasteiger partial charge in [0.1, 0.15) is 5.82 Å². The van der Waals surface area contributed by atoms with Crippen molar-refractivity contribution in [3.63, 3.8) is 0 Å². The van der Waals surface area contributed by atoms with E-state index in [2.05, 4.69) is 4.99 Å². The highest BCUT2D eigenvalue weighted by Crippen LogP contribution is 2.14. The molecule has 0 saturated carbocycles. The summed E-state index contributed by atoms with van der Waals surface area (Å²) in [7, 11) is 0. The summed E-state index contributed by atoms with van der Waals surface area (Å²) < 4.78 is 12.7. The third-order valence-corrected chi connectivity index (χ3v) is 2.29. The van der Waals surface area contributed by atoms with E-state index in [0.29, 0.717) is 5.69 Å². The van der Waals surface area contributed by atoms with Gasteiger partial charge in [0.15, 0.2) is 0 Å². The second kappa shape index (κ2) is 5.18. The lowest BCUT2D eigenvalue weighted by Gasteiger charge is -1.95. The van der Waals surface area contributed by atoms with Crippen LogP contribution in [-0.4, -0.2) is 11.1 Å². The van der Waals surface area contributed by atoms with E-state index in [4.69, 9.17) is 0 Å². The molecule has 0 atom stereocenters. The first-order valence-electron chi connectivity index (χ1n) is 5.19. The van der Waals surface area contributed by atoms with Gasteiger partial charge in [0, 0.05) is 18.3 Å². The maximum atomic E-state index is 12.7. The van der Waals surface area contributed by atoms with Crippen LogP contribution in [0.4, 0.5) is 15.8 Å². The number of nitro benzene ring substituents is 1. The van der Waals surface area contributed by atoms with E-state index in [1.807, 2.05) is 0 Å². The van der Waals surface area contributed by atoms with Crippen LogP contribution < -0.4 is 0 Å². The van der Waals surface area contributed by atoms with E-state index >= 15 is 0 Å². The molecule has 0 fully saturated rings. The van der Waals surface area contributed by atoms with E-state index in [9.17, 15) is 14.5 Å². The molecule has 18 heavy (non-hydrogen) atoms. The zero-order chi connectivity index (χ0) is 13.0. The van der Waals surface area contributed by atoms with Crippen LogP contribution in [0.25, 0.3) is 0 Å². The lowest BCUT2D eigenvalue weighted by atomic mass is 10.2. The number of rotatable bonds is 3. The highest BCUT2D eigenvalue weighted by Gasteiger charge is 2.02. The first kappa shape index (κ1) is 11.9. The van der Waals surface area contributed by atoms with E-state index in [1.54, 1.807) is 30.5 Å². The average molecular weight is 244 g/mol. The van der Waals surface area contributed by atoms with Crippen molar-refractivity contribution >= 4 is 17.6 Å². The summed E-state index contributed by atoms with van der Waals surface area (Å²) in [6.45, 7) is 0. The number of benzene rings is 2. The van der Waals surface area contributed by atoms with Gasteiger partial charge in [-0.05, 0) is 42.0 Å². The molecule has 2 aromatic carbocycles. The summed E-state index contributed by atoms with van der Waals surface area (Å²) in [5.41, 5.74) is 1.40. The van der Waals surface area contributed by atoms with E-state index in [0.717, 1.165) is 5.56 Å². The molecule has 0 N–H and O–H groups in total. The van der Waals surface area contributed by atoms with Gasteiger partial charge in [0.2, 0.25) is 0 Å².